The van der Waals surface area contributed by atoms with Gasteiger partial charge in [-0.05, 0) is 43.2 Å². The van der Waals surface area contributed by atoms with Gasteiger partial charge >= 0.3 is 12.2 Å². The van der Waals surface area contributed by atoms with Gasteiger partial charge in [0.1, 0.15) is 0 Å². The van der Waals surface area contributed by atoms with Crippen LogP contribution in [0.25, 0.3) is 0 Å². The Balaban J connectivity index is 1.84. The van der Waals surface area contributed by atoms with Crippen LogP contribution in [0.5, 0.6) is 0 Å². The number of amides is 2. The van der Waals surface area contributed by atoms with Gasteiger partial charge in [0, 0.05) is 30.2 Å². The molecular weight excluding hydrogens is 343 g/mol. The molecule has 0 radical (unpaired) electrons. The van der Waals surface area contributed by atoms with E-state index in [9.17, 15) is 18.0 Å². The van der Waals surface area contributed by atoms with Gasteiger partial charge in [-0.25, -0.2) is 4.79 Å². The van der Waals surface area contributed by atoms with Crippen molar-refractivity contribution in [1.29, 1.82) is 0 Å². The lowest BCUT2D eigenvalue weighted by Crippen LogP contribution is -2.46. The van der Waals surface area contributed by atoms with Crippen LogP contribution in [0.1, 0.15) is 36.8 Å². The number of fused-ring (bicyclic) bond motifs is 1. The second-order valence-corrected chi connectivity index (χ2v) is 6.94. The van der Waals surface area contributed by atoms with E-state index in [1.54, 1.807) is 4.90 Å². The largest absolute Gasteiger partial charge is 0.416 e. The van der Waals surface area contributed by atoms with E-state index in [0.717, 1.165) is 23.5 Å². The molecule has 0 saturated heterocycles. The summed E-state index contributed by atoms with van der Waals surface area (Å²) in [5.41, 5.74) is 1.56. The Hall–Kier alpha value is -2.44. The number of nitrogens with zero attached hydrogens (tertiary/aromatic N) is 2. The monoisotopic (exact) mass is 365 g/mol. The van der Waals surface area contributed by atoms with Crippen LogP contribution in [-0.2, 0) is 12.7 Å². The third-order valence-corrected chi connectivity index (χ3v) is 4.77. The van der Waals surface area contributed by atoms with E-state index in [4.69, 9.17) is 0 Å². The Morgan fingerprint density at radius 1 is 1.19 bits per heavy atom. The quantitative estimate of drug-likeness (QED) is 0.794. The van der Waals surface area contributed by atoms with Crippen molar-refractivity contribution < 1.29 is 18.0 Å². The van der Waals surface area contributed by atoms with Crippen molar-refractivity contribution >= 4 is 11.7 Å². The number of carbonyl (C=O) groups is 1. The molecule has 1 aliphatic heterocycles. The van der Waals surface area contributed by atoms with Crippen molar-refractivity contribution in [2.24, 2.45) is 5.92 Å². The second kappa shape index (κ2) is 6.70. The maximum atomic E-state index is 12.9. The molecule has 0 spiro atoms. The van der Waals surface area contributed by atoms with Gasteiger partial charge in [0.2, 0.25) is 0 Å². The number of rotatable bonds is 2. The van der Waals surface area contributed by atoms with E-state index in [-0.39, 0.29) is 23.7 Å². The van der Waals surface area contributed by atoms with Gasteiger partial charge in [0.15, 0.2) is 0 Å². The average Bonchev–Trinajstić information content (AvgIpc) is 2.94. The van der Waals surface area contributed by atoms with Crippen molar-refractivity contribution in [3.8, 4) is 0 Å². The smallest absolute Gasteiger partial charge is 0.345 e. The van der Waals surface area contributed by atoms with Crippen LogP contribution in [-0.4, -0.2) is 22.0 Å². The van der Waals surface area contributed by atoms with Crippen molar-refractivity contribution in [3.63, 3.8) is 0 Å². The SMILES string of the molecule is Cc1ccc2n1CCN(C(=O)Nc1cccc(C(F)(F)F)c1)[C@H]2C(C)C. The van der Waals surface area contributed by atoms with E-state index in [1.807, 2.05) is 32.9 Å². The lowest BCUT2D eigenvalue weighted by Gasteiger charge is -2.39. The molecule has 1 atom stereocenters. The number of halogens is 3. The van der Waals surface area contributed by atoms with Crippen molar-refractivity contribution in [2.75, 3.05) is 11.9 Å². The van der Waals surface area contributed by atoms with Gasteiger partial charge in [-0.3, -0.25) is 0 Å². The maximum absolute atomic E-state index is 12.9. The van der Waals surface area contributed by atoms with Crippen LogP contribution >= 0.6 is 0 Å². The zero-order valence-corrected chi connectivity index (χ0v) is 15.0. The molecule has 26 heavy (non-hydrogen) atoms. The van der Waals surface area contributed by atoms with Crippen LogP contribution in [0.4, 0.5) is 23.7 Å². The molecule has 1 aromatic heterocycles. The predicted octanol–water partition coefficient (Wildman–Crippen LogP) is 5.06. The fourth-order valence-corrected chi connectivity index (χ4v) is 3.56. The van der Waals surface area contributed by atoms with E-state index >= 15 is 0 Å². The highest BCUT2D eigenvalue weighted by Crippen LogP contribution is 2.34. The molecule has 1 aromatic carbocycles. The van der Waals surface area contributed by atoms with Crippen LogP contribution in [0.2, 0.25) is 0 Å². The number of benzene rings is 1. The van der Waals surface area contributed by atoms with Crippen molar-refractivity contribution in [3.05, 3.63) is 53.3 Å². The number of hydrogen-bond acceptors (Lipinski definition) is 1. The Bertz CT molecular complexity index is 811. The van der Waals surface area contributed by atoms with Crippen LogP contribution < -0.4 is 5.32 Å². The maximum Gasteiger partial charge on any atom is 0.416 e. The molecule has 3 rings (SSSR count). The molecule has 4 nitrogen and oxygen atoms in total. The summed E-state index contributed by atoms with van der Waals surface area (Å²) in [6.45, 7) is 7.28. The summed E-state index contributed by atoms with van der Waals surface area (Å²) < 4.78 is 40.8. The summed E-state index contributed by atoms with van der Waals surface area (Å²) in [5.74, 6) is 0.176. The summed E-state index contributed by atoms with van der Waals surface area (Å²) >= 11 is 0. The summed E-state index contributed by atoms with van der Waals surface area (Å²) in [6.07, 6.45) is -4.44. The lowest BCUT2D eigenvalue weighted by molar-refractivity contribution is -0.137. The van der Waals surface area contributed by atoms with E-state index in [2.05, 4.69) is 9.88 Å². The van der Waals surface area contributed by atoms with E-state index in [0.29, 0.717) is 13.1 Å². The normalized spacial score (nSPS) is 17.3. The zero-order valence-electron chi connectivity index (χ0n) is 15.0. The zero-order chi connectivity index (χ0) is 19.1. The highest BCUT2D eigenvalue weighted by Gasteiger charge is 2.34. The molecule has 0 fully saturated rings. The first-order valence-electron chi connectivity index (χ1n) is 8.59. The molecular formula is C19H22F3N3O. The van der Waals surface area contributed by atoms with Crippen LogP contribution in [0.3, 0.4) is 0 Å². The number of anilines is 1. The van der Waals surface area contributed by atoms with Gasteiger partial charge < -0.3 is 14.8 Å². The third-order valence-electron chi connectivity index (χ3n) is 4.77. The Kier molecular flexibility index (Phi) is 4.73. The lowest BCUT2D eigenvalue weighted by atomic mass is 9.97. The number of alkyl halides is 3. The fourth-order valence-electron chi connectivity index (χ4n) is 3.56. The molecule has 140 valence electrons. The van der Waals surface area contributed by atoms with Gasteiger partial charge in [0.25, 0.3) is 0 Å². The first kappa shape index (κ1) is 18.4. The van der Waals surface area contributed by atoms with Gasteiger partial charge in [0.05, 0.1) is 11.6 Å². The number of urea groups is 1. The molecule has 0 saturated carbocycles. The Morgan fingerprint density at radius 3 is 2.58 bits per heavy atom. The third kappa shape index (κ3) is 3.43. The fraction of sp³-hybridized carbons (Fsp3) is 0.421. The first-order valence-corrected chi connectivity index (χ1v) is 8.59. The molecule has 1 N–H and O–H groups in total. The minimum Gasteiger partial charge on any atom is -0.345 e. The predicted molar refractivity (Wildman–Crippen MR) is 93.9 cm³/mol. The second-order valence-electron chi connectivity index (χ2n) is 6.94. The topological polar surface area (TPSA) is 37.3 Å². The summed E-state index contributed by atoms with van der Waals surface area (Å²) in [7, 11) is 0. The molecule has 7 heteroatoms. The number of nitrogens with one attached hydrogen (secondary N) is 1. The molecule has 2 aromatic rings. The number of aryl methyl sites for hydroxylation is 1. The first-order chi connectivity index (χ1) is 12.2. The van der Waals surface area contributed by atoms with Crippen molar-refractivity contribution in [1.82, 2.24) is 9.47 Å². The minimum absolute atomic E-state index is 0.122. The molecule has 0 bridgehead atoms. The Morgan fingerprint density at radius 2 is 1.92 bits per heavy atom. The Labute approximate surface area is 150 Å². The van der Waals surface area contributed by atoms with Crippen LogP contribution in [0.15, 0.2) is 36.4 Å². The highest BCUT2D eigenvalue weighted by atomic mass is 19.4. The van der Waals surface area contributed by atoms with Crippen LogP contribution in [0, 0.1) is 12.8 Å². The summed E-state index contributed by atoms with van der Waals surface area (Å²) in [4.78, 5) is 14.5. The summed E-state index contributed by atoms with van der Waals surface area (Å²) in [5, 5.41) is 2.62. The summed E-state index contributed by atoms with van der Waals surface area (Å²) in [6, 6.07) is 8.25. The van der Waals surface area contributed by atoms with Gasteiger partial charge in [-0.2, -0.15) is 13.2 Å². The van der Waals surface area contributed by atoms with Gasteiger partial charge in [-0.15, -0.1) is 0 Å². The molecule has 0 unspecified atom stereocenters. The average molecular weight is 365 g/mol. The van der Waals surface area contributed by atoms with Crippen molar-refractivity contribution in [2.45, 2.75) is 39.5 Å². The number of aromatic nitrogens is 1. The van der Waals surface area contributed by atoms with E-state index < -0.39 is 11.7 Å². The molecule has 0 aliphatic carbocycles. The van der Waals surface area contributed by atoms with E-state index in [1.165, 1.54) is 12.1 Å². The minimum atomic E-state index is -4.44. The number of carbonyl (C=O) groups excluding carboxylic acids is 1. The molecule has 1 aliphatic rings. The standard InChI is InChI=1S/C19H22F3N3O/c1-12(2)17-16-8-7-13(3)24(16)9-10-25(17)18(26)23-15-6-4-5-14(11-15)19(20,21)22/h4-8,11-12,17H,9-10H2,1-3H3,(H,23,26)/t17-/m0/s1. The number of hydrogen-bond donors (Lipinski definition) is 1. The molecule has 2 heterocycles. The van der Waals surface area contributed by atoms with Gasteiger partial charge in [-0.1, -0.05) is 19.9 Å². The molecule has 2 amide bonds. The highest BCUT2D eigenvalue weighted by molar-refractivity contribution is 5.89.